The number of aryl methyl sites for hydroxylation is 3. The molecule has 2 heterocycles. The lowest BCUT2D eigenvalue weighted by molar-refractivity contribution is -0.128. The van der Waals surface area contributed by atoms with Crippen molar-refractivity contribution in [3.63, 3.8) is 0 Å². The molecule has 0 fully saturated rings. The number of fused-ring (bicyclic) bond motifs is 1. The lowest BCUT2D eigenvalue weighted by atomic mass is 10.2. The van der Waals surface area contributed by atoms with Crippen LogP contribution in [0.4, 0.5) is 5.69 Å². The Hall–Kier alpha value is -3.89. The third kappa shape index (κ3) is 4.89. The molecular formula is C18H21N7O4. The number of H-pyrrole nitrogens is 2. The van der Waals surface area contributed by atoms with E-state index >= 15 is 0 Å². The zero-order chi connectivity index (χ0) is 21.0. The summed E-state index contributed by atoms with van der Waals surface area (Å²) in [5.41, 5.74) is 5.79. The van der Waals surface area contributed by atoms with E-state index in [2.05, 4.69) is 31.1 Å². The summed E-state index contributed by atoms with van der Waals surface area (Å²) < 4.78 is 1.21. The van der Waals surface area contributed by atoms with Crippen LogP contribution in [0, 0.1) is 6.92 Å². The molecule has 5 N–H and O–H groups in total. The van der Waals surface area contributed by atoms with E-state index < -0.39 is 23.1 Å². The number of aromatic nitrogens is 4. The van der Waals surface area contributed by atoms with Gasteiger partial charge in [0.1, 0.15) is 11.3 Å². The largest absolute Gasteiger partial charge is 0.376 e. The average molecular weight is 399 g/mol. The summed E-state index contributed by atoms with van der Waals surface area (Å²) in [5.74, 6) is -0.435. The van der Waals surface area contributed by atoms with Gasteiger partial charge in [0, 0.05) is 25.6 Å². The van der Waals surface area contributed by atoms with E-state index in [9.17, 15) is 19.2 Å². The summed E-state index contributed by atoms with van der Waals surface area (Å²) in [6, 6.07) is 7.56. The molecule has 1 aromatic carbocycles. The van der Waals surface area contributed by atoms with Crippen LogP contribution in [-0.4, -0.2) is 37.9 Å². The minimum absolute atomic E-state index is 0.00369. The highest BCUT2D eigenvalue weighted by atomic mass is 16.2. The predicted molar refractivity (Wildman–Crippen MR) is 106 cm³/mol. The zero-order valence-electron chi connectivity index (χ0n) is 16.0. The first kappa shape index (κ1) is 19.9. The first-order valence-electron chi connectivity index (χ1n) is 8.89. The van der Waals surface area contributed by atoms with Crippen LogP contribution in [0.2, 0.25) is 0 Å². The number of hydrazine groups is 1. The van der Waals surface area contributed by atoms with Gasteiger partial charge in [-0.1, -0.05) is 17.7 Å². The zero-order valence-corrected chi connectivity index (χ0v) is 16.0. The SMILES string of the molecule is Cc1ccc(NCC(=O)NNC(=O)CCc2nc3c([nH]2)c(=O)[nH]c(=O)n3C)cc1. The molecule has 0 aliphatic heterocycles. The van der Waals surface area contributed by atoms with Gasteiger partial charge in [-0.3, -0.25) is 34.8 Å². The summed E-state index contributed by atoms with van der Waals surface area (Å²) in [6.07, 6.45) is 0.225. The van der Waals surface area contributed by atoms with Gasteiger partial charge >= 0.3 is 5.69 Å². The number of carbonyl (C=O) groups is 2. The van der Waals surface area contributed by atoms with Gasteiger partial charge in [0.2, 0.25) is 5.91 Å². The number of nitrogens with zero attached hydrogens (tertiary/aromatic N) is 2. The molecule has 0 radical (unpaired) electrons. The Bertz CT molecular complexity index is 1160. The lowest BCUT2D eigenvalue weighted by Gasteiger charge is -2.09. The molecule has 0 saturated carbocycles. The molecular weight excluding hydrogens is 378 g/mol. The minimum Gasteiger partial charge on any atom is -0.376 e. The van der Waals surface area contributed by atoms with Gasteiger partial charge in [0.05, 0.1) is 6.54 Å². The van der Waals surface area contributed by atoms with E-state index in [1.807, 2.05) is 31.2 Å². The number of carbonyl (C=O) groups excluding carboxylic acids is 2. The lowest BCUT2D eigenvalue weighted by Crippen LogP contribution is -2.44. The molecule has 2 aromatic heterocycles. The number of hydrogen-bond donors (Lipinski definition) is 5. The maximum Gasteiger partial charge on any atom is 0.329 e. The van der Waals surface area contributed by atoms with E-state index in [0.717, 1.165) is 11.3 Å². The summed E-state index contributed by atoms with van der Waals surface area (Å²) in [6.45, 7) is 1.97. The molecule has 0 aliphatic carbocycles. The van der Waals surface area contributed by atoms with Crippen LogP contribution in [0.15, 0.2) is 33.9 Å². The Morgan fingerprint density at radius 1 is 1.07 bits per heavy atom. The van der Waals surface area contributed by atoms with E-state index in [4.69, 9.17) is 0 Å². The van der Waals surface area contributed by atoms with Crippen molar-refractivity contribution in [2.45, 2.75) is 19.8 Å². The number of imidazole rings is 1. The number of hydrogen-bond acceptors (Lipinski definition) is 6. The van der Waals surface area contributed by atoms with E-state index in [0.29, 0.717) is 5.82 Å². The molecule has 0 aliphatic rings. The second-order valence-corrected chi connectivity index (χ2v) is 6.52. The van der Waals surface area contributed by atoms with Crippen LogP contribution in [0.3, 0.4) is 0 Å². The Kier molecular flexibility index (Phi) is 5.77. The van der Waals surface area contributed by atoms with Crippen LogP contribution >= 0.6 is 0 Å². The second kappa shape index (κ2) is 8.42. The Morgan fingerprint density at radius 3 is 2.48 bits per heavy atom. The highest BCUT2D eigenvalue weighted by molar-refractivity contribution is 5.84. The fourth-order valence-corrected chi connectivity index (χ4v) is 2.60. The van der Waals surface area contributed by atoms with Crippen molar-refractivity contribution in [1.29, 1.82) is 0 Å². The van der Waals surface area contributed by atoms with E-state index in [-0.39, 0.29) is 30.6 Å². The third-order valence-corrected chi connectivity index (χ3v) is 4.24. The van der Waals surface area contributed by atoms with Crippen molar-refractivity contribution < 1.29 is 9.59 Å². The minimum atomic E-state index is -0.570. The Labute approximate surface area is 164 Å². The van der Waals surface area contributed by atoms with Crippen LogP contribution in [0.5, 0.6) is 0 Å². The van der Waals surface area contributed by atoms with Crippen molar-refractivity contribution in [3.8, 4) is 0 Å². The number of benzene rings is 1. The molecule has 11 heteroatoms. The summed E-state index contributed by atoms with van der Waals surface area (Å²) in [7, 11) is 1.48. The number of nitrogens with one attached hydrogen (secondary N) is 5. The molecule has 0 atom stereocenters. The molecule has 0 unspecified atom stereocenters. The fourth-order valence-electron chi connectivity index (χ4n) is 2.60. The molecule has 3 aromatic rings. The highest BCUT2D eigenvalue weighted by Gasteiger charge is 2.12. The molecule has 0 saturated heterocycles. The topological polar surface area (TPSA) is 154 Å². The molecule has 3 rings (SSSR count). The maximum atomic E-state index is 11.9. The molecule has 29 heavy (non-hydrogen) atoms. The van der Waals surface area contributed by atoms with Crippen LogP contribution in [0.25, 0.3) is 11.2 Å². The first-order chi connectivity index (χ1) is 13.8. The first-order valence-corrected chi connectivity index (χ1v) is 8.89. The van der Waals surface area contributed by atoms with Gasteiger partial charge in [-0.05, 0) is 19.1 Å². The van der Waals surface area contributed by atoms with Gasteiger partial charge < -0.3 is 10.3 Å². The maximum absolute atomic E-state index is 11.9. The van der Waals surface area contributed by atoms with Crippen molar-refractivity contribution in [2.24, 2.45) is 7.05 Å². The summed E-state index contributed by atoms with van der Waals surface area (Å²) in [5, 5.41) is 2.94. The van der Waals surface area contributed by atoms with Crippen LogP contribution < -0.4 is 27.4 Å². The van der Waals surface area contributed by atoms with Crippen molar-refractivity contribution >= 4 is 28.7 Å². The van der Waals surface area contributed by atoms with Crippen LogP contribution in [-0.2, 0) is 23.1 Å². The number of aromatic amines is 2. The highest BCUT2D eigenvalue weighted by Crippen LogP contribution is 2.08. The molecule has 0 spiro atoms. The Morgan fingerprint density at radius 2 is 1.76 bits per heavy atom. The number of anilines is 1. The quantitative estimate of drug-likeness (QED) is 0.351. The smallest absolute Gasteiger partial charge is 0.329 e. The Balaban J connectivity index is 1.47. The van der Waals surface area contributed by atoms with E-state index in [1.54, 1.807) is 0 Å². The summed E-state index contributed by atoms with van der Waals surface area (Å²) in [4.78, 5) is 56.3. The van der Waals surface area contributed by atoms with Gasteiger partial charge in [-0.15, -0.1) is 0 Å². The molecule has 152 valence electrons. The van der Waals surface area contributed by atoms with Crippen molar-refractivity contribution in [2.75, 3.05) is 11.9 Å². The van der Waals surface area contributed by atoms with Crippen molar-refractivity contribution in [1.82, 2.24) is 30.4 Å². The molecule has 0 bridgehead atoms. The van der Waals surface area contributed by atoms with Crippen LogP contribution in [0.1, 0.15) is 17.8 Å². The molecule has 11 nitrogen and oxygen atoms in total. The fraction of sp³-hybridized carbons (Fsp3) is 0.278. The van der Waals surface area contributed by atoms with Gasteiger partial charge in [-0.2, -0.15) is 0 Å². The standard InChI is InChI=1S/C18H21N7O4/c1-10-3-5-11(6-4-10)19-9-14(27)24-23-13(26)8-7-12-20-15-16(21-12)25(2)18(29)22-17(15)28/h3-6,19H,7-9H2,1-2H3,(H,20,21)(H,23,26)(H,24,27)(H,22,28,29). The molecule has 2 amide bonds. The normalized spacial score (nSPS) is 10.7. The summed E-state index contributed by atoms with van der Waals surface area (Å²) >= 11 is 0. The number of amides is 2. The predicted octanol–water partition coefficient (Wildman–Crippen LogP) is -0.550. The van der Waals surface area contributed by atoms with Gasteiger partial charge in [-0.25, -0.2) is 9.78 Å². The van der Waals surface area contributed by atoms with Gasteiger partial charge in [0.15, 0.2) is 5.65 Å². The van der Waals surface area contributed by atoms with Crippen molar-refractivity contribution in [3.05, 3.63) is 56.5 Å². The monoisotopic (exact) mass is 399 g/mol. The number of rotatable bonds is 6. The second-order valence-electron chi connectivity index (χ2n) is 6.52. The van der Waals surface area contributed by atoms with Gasteiger partial charge in [0.25, 0.3) is 11.5 Å². The average Bonchev–Trinajstić information content (AvgIpc) is 3.14. The third-order valence-electron chi connectivity index (χ3n) is 4.24. The van der Waals surface area contributed by atoms with E-state index in [1.165, 1.54) is 11.6 Å².